The second-order valence-electron chi connectivity index (χ2n) is 6.44. The number of aliphatic hydroxyl groups is 3. The van der Waals surface area contributed by atoms with E-state index in [4.69, 9.17) is 18.9 Å². The molecule has 156 valence electrons. The Kier molecular flexibility index (Phi) is 9.22. The molecular formula is C20H28O8. The Balaban J connectivity index is 2.02. The van der Waals surface area contributed by atoms with Gasteiger partial charge in [-0.25, -0.2) is 4.79 Å². The summed E-state index contributed by atoms with van der Waals surface area (Å²) in [6, 6.07) is 9.20. The third kappa shape index (κ3) is 6.49. The van der Waals surface area contributed by atoms with E-state index >= 15 is 0 Å². The Bertz CT molecular complexity index is 630. The molecule has 0 radical (unpaired) electrons. The van der Waals surface area contributed by atoms with E-state index in [1.165, 1.54) is 0 Å². The summed E-state index contributed by atoms with van der Waals surface area (Å²) in [4.78, 5) is 12.2. The predicted octanol–water partition coefficient (Wildman–Crippen LogP) is 0.888. The molecule has 0 fully saturated rings. The molecule has 1 aliphatic rings. The van der Waals surface area contributed by atoms with Crippen LogP contribution in [0.1, 0.15) is 25.3 Å². The van der Waals surface area contributed by atoms with Crippen LogP contribution in [-0.2, 0) is 30.3 Å². The maximum atomic E-state index is 12.2. The molecule has 1 unspecified atom stereocenters. The van der Waals surface area contributed by atoms with Gasteiger partial charge in [0.15, 0.2) is 11.9 Å². The van der Waals surface area contributed by atoms with E-state index in [1.807, 2.05) is 37.3 Å². The van der Waals surface area contributed by atoms with Crippen molar-refractivity contribution in [1.29, 1.82) is 0 Å². The first-order valence-electron chi connectivity index (χ1n) is 9.36. The van der Waals surface area contributed by atoms with Crippen molar-refractivity contribution in [3.05, 3.63) is 47.4 Å². The highest BCUT2D eigenvalue weighted by atomic mass is 16.6. The topological polar surface area (TPSA) is 115 Å². The van der Waals surface area contributed by atoms with Crippen LogP contribution in [0.5, 0.6) is 0 Å². The van der Waals surface area contributed by atoms with Crippen LogP contribution in [0.4, 0.5) is 0 Å². The predicted molar refractivity (Wildman–Crippen MR) is 98.9 cm³/mol. The van der Waals surface area contributed by atoms with E-state index in [0.29, 0.717) is 6.61 Å². The van der Waals surface area contributed by atoms with E-state index in [9.17, 15) is 20.1 Å². The molecule has 3 N–H and O–H groups in total. The zero-order valence-corrected chi connectivity index (χ0v) is 16.0. The SMILES string of the molecule is CCCCOCC(O)COC1=C(OCc2ccccc2)C(=O)O[C@@H]1[C@@H](O)CO. The van der Waals surface area contributed by atoms with E-state index in [2.05, 4.69) is 0 Å². The van der Waals surface area contributed by atoms with E-state index in [1.54, 1.807) is 0 Å². The van der Waals surface area contributed by atoms with Gasteiger partial charge in [-0.1, -0.05) is 43.7 Å². The van der Waals surface area contributed by atoms with Crippen LogP contribution < -0.4 is 0 Å². The number of esters is 1. The van der Waals surface area contributed by atoms with Crippen molar-refractivity contribution in [3.8, 4) is 0 Å². The van der Waals surface area contributed by atoms with E-state index in [-0.39, 0.29) is 31.3 Å². The minimum Gasteiger partial charge on any atom is -0.487 e. The van der Waals surface area contributed by atoms with Gasteiger partial charge in [-0.15, -0.1) is 0 Å². The Labute approximate surface area is 164 Å². The normalized spacial score (nSPS) is 18.7. The van der Waals surface area contributed by atoms with Crippen LogP contribution in [0.2, 0.25) is 0 Å². The molecular weight excluding hydrogens is 368 g/mol. The van der Waals surface area contributed by atoms with Crippen molar-refractivity contribution in [2.24, 2.45) is 0 Å². The molecule has 8 heteroatoms. The molecule has 0 aromatic heterocycles. The zero-order valence-electron chi connectivity index (χ0n) is 16.0. The lowest BCUT2D eigenvalue weighted by Gasteiger charge is -2.20. The lowest BCUT2D eigenvalue weighted by atomic mass is 10.2. The summed E-state index contributed by atoms with van der Waals surface area (Å²) in [5.41, 5.74) is 0.831. The van der Waals surface area contributed by atoms with Gasteiger partial charge in [0, 0.05) is 6.61 Å². The van der Waals surface area contributed by atoms with Crippen LogP contribution in [0, 0.1) is 0 Å². The molecule has 28 heavy (non-hydrogen) atoms. The molecule has 0 bridgehead atoms. The molecule has 8 nitrogen and oxygen atoms in total. The highest BCUT2D eigenvalue weighted by Gasteiger charge is 2.42. The highest BCUT2D eigenvalue weighted by Crippen LogP contribution is 2.28. The van der Waals surface area contributed by atoms with Crippen LogP contribution in [-0.4, -0.2) is 66.0 Å². The molecule has 0 saturated carbocycles. The number of cyclic esters (lactones) is 1. The molecule has 3 atom stereocenters. The Hall–Kier alpha value is -2.13. The second-order valence-corrected chi connectivity index (χ2v) is 6.44. The maximum Gasteiger partial charge on any atom is 0.378 e. The Morgan fingerprint density at radius 2 is 1.89 bits per heavy atom. The largest absolute Gasteiger partial charge is 0.487 e. The van der Waals surface area contributed by atoms with Gasteiger partial charge in [0.05, 0.1) is 13.2 Å². The number of benzene rings is 1. The molecule has 1 aromatic rings. The number of carbonyl (C=O) groups excluding carboxylic acids is 1. The number of ether oxygens (including phenoxy) is 4. The van der Waals surface area contributed by atoms with Crippen LogP contribution in [0.15, 0.2) is 41.9 Å². The van der Waals surface area contributed by atoms with Gasteiger partial charge in [0.2, 0.25) is 5.76 Å². The molecule has 1 heterocycles. The molecule has 1 aliphatic heterocycles. The number of rotatable bonds is 13. The summed E-state index contributed by atoms with van der Waals surface area (Å²) in [5.74, 6) is -1.02. The second kappa shape index (κ2) is 11.7. The number of aliphatic hydroxyl groups excluding tert-OH is 3. The van der Waals surface area contributed by atoms with Gasteiger partial charge >= 0.3 is 5.97 Å². The van der Waals surface area contributed by atoms with E-state index < -0.39 is 30.9 Å². The molecule has 0 saturated heterocycles. The summed E-state index contributed by atoms with van der Waals surface area (Å²) in [5, 5.41) is 29.1. The van der Waals surface area contributed by atoms with E-state index in [0.717, 1.165) is 18.4 Å². The molecule has 1 aromatic carbocycles. The summed E-state index contributed by atoms with van der Waals surface area (Å²) < 4.78 is 21.5. The molecule has 2 rings (SSSR count). The smallest absolute Gasteiger partial charge is 0.378 e. The van der Waals surface area contributed by atoms with Gasteiger partial charge in [-0.05, 0) is 12.0 Å². The zero-order chi connectivity index (χ0) is 20.4. The van der Waals surface area contributed by atoms with Crippen molar-refractivity contribution in [3.63, 3.8) is 0 Å². The van der Waals surface area contributed by atoms with Crippen LogP contribution in [0.25, 0.3) is 0 Å². The number of carbonyl (C=O) groups is 1. The first-order chi connectivity index (χ1) is 13.6. The van der Waals surface area contributed by atoms with Crippen LogP contribution in [0.3, 0.4) is 0 Å². The van der Waals surface area contributed by atoms with Crippen molar-refractivity contribution in [1.82, 2.24) is 0 Å². The number of unbranched alkanes of at least 4 members (excludes halogenated alkanes) is 1. The standard InChI is InChI=1S/C20H28O8/c1-2-3-9-25-12-15(22)13-27-18-17(16(23)10-21)28-20(24)19(18)26-11-14-7-5-4-6-8-14/h4-8,15-17,21-23H,2-3,9-13H2,1H3/t15?,16-,17+/m0/s1. The Morgan fingerprint density at radius 3 is 2.57 bits per heavy atom. The number of hydrogen-bond acceptors (Lipinski definition) is 8. The molecule has 0 amide bonds. The first-order valence-corrected chi connectivity index (χ1v) is 9.36. The monoisotopic (exact) mass is 396 g/mol. The minimum atomic E-state index is -1.37. The lowest BCUT2D eigenvalue weighted by molar-refractivity contribution is -0.149. The summed E-state index contributed by atoms with van der Waals surface area (Å²) >= 11 is 0. The third-order valence-corrected chi connectivity index (χ3v) is 4.05. The summed E-state index contributed by atoms with van der Waals surface area (Å²) in [6.45, 7) is 1.95. The quantitative estimate of drug-likeness (QED) is 0.333. The molecule has 0 aliphatic carbocycles. The van der Waals surface area contributed by atoms with Crippen molar-refractivity contribution < 1.29 is 39.1 Å². The fourth-order valence-electron chi connectivity index (χ4n) is 2.51. The van der Waals surface area contributed by atoms with Crippen LogP contribution >= 0.6 is 0 Å². The Morgan fingerprint density at radius 1 is 1.14 bits per heavy atom. The van der Waals surface area contributed by atoms with Crippen molar-refractivity contribution >= 4 is 5.97 Å². The summed E-state index contributed by atoms with van der Waals surface area (Å²) in [7, 11) is 0. The summed E-state index contributed by atoms with van der Waals surface area (Å²) in [6.07, 6.45) is -1.61. The van der Waals surface area contributed by atoms with Gasteiger partial charge in [-0.2, -0.15) is 0 Å². The minimum absolute atomic E-state index is 0.0462. The highest BCUT2D eigenvalue weighted by molar-refractivity contribution is 5.89. The van der Waals surface area contributed by atoms with Crippen molar-refractivity contribution in [2.45, 2.75) is 44.7 Å². The van der Waals surface area contributed by atoms with Gasteiger partial charge in [-0.3, -0.25) is 0 Å². The lowest BCUT2D eigenvalue weighted by Crippen LogP contribution is -2.33. The fourth-order valence-corrected chi connectivity index (χ4v) is 2.51. The van der Waals surface area contributed by atoms with Gasteiger partial charge in [0.25, 0.3) is 0 Å². The average molecular weight is 396 g/mol. The fraction of sp³-hybridized carbons (Fsp3) is 0.550. The van der Waals surface area contributed by atoms with Crippen molar-refractivity contribution in [2.75, 3.05) is 26.4 Å². The third-order valence-electron chi connectivity index (χ3n) is 4.05. The van der Waals surface area contributed by atoms with Gasteiger partial charge in [0.1, 0.15) is 25.4 Å². The molecule has 0 spiro atoms. The van der Waals surface area contributed by atoms with Gasteiger partial charge < -0.3 is 34.3 Å². The average Bonchev–Trinajstić information content (AvgIpc) is 3.03. The maximum absolute atomic E-state index is 12.2. The first kappa shape index (κ1) is 22.2. The number of hydrogen-bond donors (Lipinski definition) is 3.